The van der Waals surface area contributed by atoms with E-state index in [-0.39, 0.29) is 121 Å². The number of rotatable bonds is 37. The number of ether oxygens (including phenoxy) is 4. The first kappa shape index (κ1) is 49.1. The van der Waals surface area contributed by atoms with Gasteiger partial charge in [-0.25, -0.2) is 4.79 Å². The molecule has 0 saturated heterocycles. The minimum Gasteiger partial charge on any atom is -0.481 e. The molecule has 0 aromatic carbocycles. The predicted molar refractivity (Wildman–Crippen MR) is 193 cm³/mol. The molecule has 5 amide bonds. The average Bonchev–Trinajstić information content (AvgIpc) is 3.10. The Morgan fingerprint density at radius 2 is 0.906 bits per heavy atom. The highest BCUT2D eigenvalue weighted by molar-refractivity contribution is 5.84. The summed E-state index contributed by atoms with van der Waals surface area (Å²) in [6.07, 6.45) is 9.98. The van der Waals surface area contributed by atoms with Crippen LogP contribution < -0.4 is 26.6 Å². The predicted octanol–water partition coefficient (Wildman–Crippen LogP) is 0.653. The van der Waals surface area contributed by atoms with E-state index in [1.54, 1.807) is 0 Å². The van der Waals surface area contributed by atoms with Crippen LogP contribution in [-0.4, -0.2) is 137 Å². The van der Waals surface area contributed by atoms with Crippen LogP contribution in [0.4, 0.5) is 0 Å². The van der Waals surface area contributed by atoms with E-state index in [0.29, 0.717) is 19.5 Å². The van der Waals surface area contributed by atoms with Crippen molar-refractivity contribution in [3.05, 3.63) is 0 Å². The molecule has 53 heavy (non-hydrogen) atoms. The molecular formula is C35H63N5O13. The summed E-state index contributed by atoms with van der Waals surface area (Å²) in [5, 5.41) is 31.0. The Hall–Kier alpha value is -3.87. The van der Waals surface area contributed by atoms with Gasteiger partial charge in [0.25, 0.3) is 0 Å². The summed E-state index contributed by atoms with van der Waals surface area (Å²) in [6, 6.07) is -1.15. The van der Waals surface area contributed by atoms with Crippen molar-refractivity contribution < 1.29 is 62.7 Å². The van der Waals surface area contributed by atoms with Crippen LogP contribution in [0.25, 0.3) is 0 Å². The largest absolute Gasteiger partial charge is 0.481 e. The zero-order valence-electron chi connectivity index (χ0n) is 31.3. The van der Waals surface area contributed by atoms with Crippen LogP contribution in [0.2, 0.25) is 0 Å². The third-order valence-corrected chi connectivity index (χ3v) is 7.51. The smallest absolute Gasteiger partial charge is 0.326 e. The lowest BCUT2D eigenvalue weighted by molar-refractivity contribution is -0.142. The highest BCUT2D eigenvalue weighted by Gasteiger charge is 2.20. The number of hydrogen-bond acceptors (Lipinski definition) is 11. The fourth-order valence-corrected chi connectivity index (χ4v) is 4.70. The van der Waals surface area contributed by atoms with Crippen molar-refractivity contribution in [1.82, 2.24) is 26.6 Å². The van der Waals surface area contributed by atoms with E-state index in [4.69, 9.17) is 24.1 Å². The minimum absolute atomic E-state index is 0.0373. The lowest BCUT2D eigenvalue weighted by Gasteiger charge is -2.14. The standard InChI is InChI=1S/C35H63N5O13/c1-28(41)36-16-17-37-32(44)26-52-24-23-51-21-19-39-33(45)27-53-25-22-50-20-18-38-30(42)15-14-29(35(48)49)40-31(43)12-10-8-6-4-2-3-5-7-9-11-13-34(46)47/h29H,2-27H2,1H3,(H,36,41)(H,37,44)(H,38,42)(H,39,45)(H,40,43)(H,46,47)(H,48,49)/t29-/m0/s1. The van der Waals surface area contributed by atoms with Gasteiger partial charge in [-0.05, 0) is 19.3 Å². The lowest BCUT2D eigenvalue weighted by Crippen LogP contribution is -2.41. The van der Waals surface area contributed by atoms with Crippen LogP contribution in [0, 0.1) is 0 Å². The normalized spacial score (nSPS) is 11.3. The van der Waals surface area contributed by atoms with Crippen molar-refractivity contribution in [2.75, 3.05) is 79.0 Å². The highest BCUT2D eigenvalue weighted by Crippen LogP contribution is 2.12. The number of carboxylic acids is 2. The molecule has 7 N–H and O–H groups in total. The van der Waals surface area contributed by atoms with Gasteiger partial charge >= 0.3 is 11.9 Å². The van der Waals surface area contributed by atoms with Gasteiger partial charge in [0.2, 0.25) is 29.5 Å². The second-order valence-corrected chi connectivity index (χ2v) is 12.3. The molecule has 1 atom stereocenters. The maximum Gasteiger partial charge on any atom is 0.326 e. The molecule has 0 radical (unpaired) electrons. The molecule has 0 heterocycles. The SMILES string of the molecule is CC(=O)NCCNC(=O)COCCOCCNC(=O)COCCOCCNC(=O)CC[C@H](NC(=O)CCCCCCCCCCCCC(=O)O)C(=O)O. The first-order valence-electron chi connectivity index (χ1n) is 18.6. The third-order valence-electron chi connectivity index (χ3n) is 7.51. The Bertz CT molecular complexity index is 1050. The number of aliphatic carboxylic acids is 2. The fraction of sp³-hybridized carbons (Fsp3) is 0.800. The summed E-state index contributed by atoms with van der Waals surface area (Å²) in [5.41, 5.74) is 0. The molecule has 0 unspecified atom stereocenters. The number of nitrogens with one attached hydrogen (secondary N) is 5. The van der Waals surface area contributed by atoms with E-state index >= 15 is 0 Å². The van der Waals surface area contributed by atoms with Crippen molar-refractivity contribution in [2.24, 2.45) is 0 Å². The first-order chi connectivity index (χ1) is 25.5. The molecule has 0 saturated carbocycles. The van der Waals surface area contributed by atoms with E-state index in [0.717, 1.165) is 57.8 Å². The monoisotopic (exact) mass is 761 g/mol. The van der Waals surface area contributed by atoms with Crippen LogP contribution in [0.3, 0.4) is 0 Å². The van der Waals surface area contributed by atoms with Crippen LogP contribution in [0.15, 0.2) is 0 Å². The van der Waals surface area contributed by atoms with Crippen LogP contribution in [0.1, 0.15) is 96.8 Å². The summed E-state index contributed by atoms with van der Waals surface area (Å²) >= 11 is 0. The van der Waals surface area contributed by atoms with Gasteiger partial charge in [-0.2, -0.15) is 0 Å². The van der Waals surface area contributed by atoms with E-state index in [2.05, 4.69) is 26.6 Å². The molecule has 0 aliphatic rings. The van der Waals surface area contributed by atoms with Gasteiger partial charge in [-0.3, -0.25) is 28.8 Å². The maximum atomic E-state index is 12.2. The second kappa shape index (κ2) is 35.2. The molecule has 18 nitrogen and oxygen atoms in total. The third kappa shape index (κ3) is 36.3. The molecule has 0 fully saturated rings. The Morgan fingerprint density at radius 3 is 1.40 bits per heavy atom. The summed E-state index contributed by atoms with van der Waals surface area (Å²) in [5.74, 6) is -3.46. The molecule has 306 valence electrons. The number of hydrogen-bond donors (Lipinski definition) is 7. The second-order valence-electron chi connectivity index (χ2n) is 12.3. The molecule has 0 spiro atoms. The quantitative estimate of drug-likeness (QED) is 0.0430. The van der Waals surface area contributed by atoms with Crippen LogP contribution >= 0.6 is 0 Å². The lowest BCUT2D eigenvalue weighted by atomic mass is 10.0. The molecule has 0 bridgehead atoms. The number of carboxylic acid groups (broad SMARTS) is 2. The summed E-state index contributed by atoms with van der Waals surface area (Å²) < 4.78 is 21.1. The molecule has 18 heteroatoms. The Labute approximate surface area is 312 Å². The maximum absolute atomic E-state index is 12.2. The minimum atomic E-state index is -1.20. The number of carbonyl (C=O) groups is 7. The summed E-state index contributed by atoms with van der Waals surface area (Å²) in [7, 11) is 0. The number of amides is 5. The highest BCUT2D eigenvalue weighted by atomic mass is 16.5. The van der Waals surface area contributed by atoms with E-state index in [9.17, 15) is 38.7 Å². The molecule has 0 aromatic rings. The Kier molecular flexibility index (Phi) is 32.6. The van der Waals surface area contributed by atoms with Gasteiger partial charge < -0.3 is 55.7 Å². The van der Waals surface area contributed by atoms with Crippen molar-refractivity contribution in [2.45, 2.75) is 103 Å². The first-order valence-corrected chi connectivity index (χ1v) is 18.6. The van der Waals surface area contributed by atoms with Crippen molar-refractivity contribution in [3.8, 4) is 0 Å². The van der Waals surface area contributed by atoms with Gasteiger partial charge in [-0.1, -0.05) is 51.4 Å². The van der Waals surface area contributed by atoms with E-state index in [1.165, 1.54) is 6.92 Å². The van der Waals surface area contributed by atoms with Crippen LogP contribution in [0.5, 0.6) is 0 Å². The fourth-order valence-electron chi connectivity index (χ4n) is 4.70. The zero-order valence-corrected chi connectivity index (χ0v) is 31.3. The average molecular weight is 762 g/mol. The van der Waals surface area contributed by atoms with Gasteiger partial charge in [0.05, 0.1) is 39.6 Å². The topological polar surface area (TPSA) is 257 Å². The van der Waals surface area contributed by atoms with Crippen molar-refractivity contribution in [1.29, 1.82) is 0 Å². The van der Waals surface area contributed by atoms with Crippen molar-refractivity contribution >= 4 is 41.5 Å². The summed E-state index contributed by atoms with van der Waals surface area (Å²) in [4.78, 5) is 80.5. The molecular weight excluding hydrogens is 698 g/mol. The van der Waals surface area contributed by atoms with Crippen molar-refractivity contribution in [3.63, 3.8) is 0 Å². The molecule has 0 aromatic heterocycles. The molecule has 0 rings (SSSR count). The summed E-state index contributed by atoms with van der Waals surface area (Å²) in [6.45, 7) is 3.48. The molecule has 0 aliphatic heterocycles. The molecule has 0 aliphatic carbocycles. The van der Waals surface area contributed by atoms with Gasteiger partial charge in [-0.15, -0.1) is 0 Å². The number of carbonyl (C=O) groups excluding carboxylic acids is 5. The van der Waals surface area contributed by atoms with Gasteiger partial charge in [0.1, 0.15) is 19.3 Å². The van der Waals surface area contributed by atoms with E-state index < -0.39 is 18.0 Å². The van der Waals surface area contributed by atoms with Crippen LogP contribution in [-0.2, 0) is 52.5 Å². The van der Waals surface area contributed by atoms with Gasteiger partial charge in [0.15, 0.2) is 0 Å². The van der Waals surface area contributed by atoms with Gasteiger partial charge in [0, 0.05) is 52.4 Å². The van der Waals surface area contributed by atoms with E-state index in [1.807, 2.05) is 0 Å². The Morgan fingerprint density at radius 1 is 0.472 bits per heavy atom. The number of unbranched alkanes of at least 4 members (excludes halogenated alkanes) is 9. The zero-order chi connectivity index (χ0) is 39.4. The Balaban J connectivity index is 3.67.